The van der Waals surface area contributed by atoms with Gasteiger partial charge in [-0.25, -0.2) is 0 Å². The molecule has 0 aliphatic heterocycles. The molecule has 10 heavy (non-hydrogen) atoms. The van der Waals surface area contributed by atoms with Gasteiger partial charge >= 0.3 is 0 Å². The molecule has 0 bridgehead atoms. The number of hydrogen-bond acceptors (Lipinski definition) is 1. The Bertz CT molecular complexity index is 52.5. The lowest BCUT2D eigenvalue weighted by Gasteiger charge is -2.17. The van der Waals surface area contributed by atoms with Gasteiger partial charge in [0, 0.05) is 39.3 Å². The molecule has 0 amide bonds. The van der Waals surface area contributed by atoms with Crippen LogP contribution in [-0.2, 0) is 0 Å². The lowest BCUT2D eigenvalue weighted by atomic mass is 10.4. The lowest BCUT2D eigenvalue weighted by molar-refractivity contribution is 0.293. The van der Waals surface area contributed by atoms with Crippen molar-refractivity contribution in [2.45, 2.75) is 0 Å². The van der Waals surface area contributed by atoms with Crippen LogP contribution in [0.4, 0.5) is 0 Å². The minimum atomic E-state index is 0.0694. The molecule has 0 saturated heterocycles. The summed E-state index contributed by atoms with van der Waals surface area (Å²) in [5.41, 5.74) is 25.5. The van der Waals surface area contributed by atoms with E-state index in [9.17, 15) is 0 Å². The smallest absolute Gasteiger partial charge is 0.0449 e. The summed E-state index contributed by atoms with van der Waals surface area (Å²) < 4.78 is 0. The van der Waals surface area contributed by atoms with Gasteiger partial charge in [0.1, 0.15) is 0 Å². The lowest BCUT2D eigenvalue weighted by Crippen LogP contribution is -2.33. The van der Waals surface area contributed by atoms with Gasteiger partial charge in [-0.1, -0.05) is 0 Å². The van der Waals surface area contributed by atoms with Crippen LogP contribution in [0, 0.1) is 0 Å². The second kappa shape index (κ2) is 6.95. The summed E-state index contributed by atoms with van der Waals surface area (Å²) in [6.45, 7) is 1.75. The standard InChI is InChI=1S/C6H12N4/c7-1-4-10(5-2-8)6-3-9/h1-6H2. The Morgan fingerprint density at radius 2 is 1.00 bits per heavy atom. The molecule has 0 heterocycles. The Balaban J connectivity index is 3.30. The molecule has 0 aliphatic rings. The molecule has 0 fully saturated rings. The highest BCUT2D eigenvalue weighted by atomic mass is 15.1. The van der Waals surface area contributed by atoms with Crippen LogP contribution in [0.3, 0.4) is 0 Å². The average Bonchev–Trinajstić information content (AvgIpc) is 1.90. The van der Waals surface area contributed by atoms with E-state index >= 15 is 0 Å². The van der Waals surface area contributed by atoms with Crippen LogP contribution < -0.4 is 17.2 Å². The molecular formula is C6H12N4. The first kappa shape index (κ1) is 9.84. The van der Waals surface area contributed by atoms with Gasteiger partial charge in [-0.15, -0.1) is 17.2 Å². The number of nitrogens with zero attached hydrogens (tertiary/aromatic N) is 4. The third-order valence-corrected chi connectivity index (χ3v) is 1.25. The van der Waals surface area contributed by atoms with E-state index in [2.05, 4.69) is 0 Å². The van der Waals surface area contributed by atoms with Gasteiger partial charge in [-0.3, -0.25) is 4.90 Å². The molecule has 0 spiro atoms. The van der Waals surface area contributed by atoms with Gasteiger partial charge < -0.3 is 0 Å². The van der Waals surface area contributed by atoms with E-state index in [0.29, 0.717) is 19.6 Å². The van der Waals surface area contributed by atoms with Gasteiger partial charge in [0.2, 0.25) is 0 Å². The highest BCUT2D eigenvalue weighted by molar-refractivity contribution is 4.57. The number of rotatable bonds is 6. The zero-order chi connectivity index (χ0) is 7.82. The summed E-state index contributed by atoms with van der Waals surface area (Å²) >= 11 is 0. The predicted octanol–water partition coefficient (Wildman–Crippen LogP) is -1.51. The summed E-state index contributed by atoms with van der Waals surface area (Å²) in [5, 5.41) is 0. The van der Waals surface area contributed by atoms with E-state index in [1.54, 1.807) is 4.90 Å². The molecule has 0 atom stereocenters. The summed E-state index contributed by atoms with van der Waals surface area (Å²) in [6, 6.07) is 0. The van der Waals surface area contributed by atoms with Crippen LogP contribution >= 0.6 is 0 Å². The summed E-state index contributed by atoms with van der Waals surface area (Å²) in [5.74, 6) is 0. The van der Waals surface area contributed by atoms with Gasteiger partial charge in [0.15, 0.2) is 0 Å². The maximum absolute atomic E-state index is 8.48. The van der Waals surface area contributed by atoms with Crippen molar-refractivity contribution in [1.29, 1.82) is 0 Å². The molecule has 6 radical (unpaired) electrons. The molecule has 0 unspecified atom stereocenters. The first-order chi connectivity index (χ1) is 4.85. The van der Waals surface area contributed by atoms with E-state index in [4.69, 9.17) is 17.2 Å². The summed E-state index contributed by atoms with van der Waals surface area (Å²) in [6.07, 6.45) is 0. The zero-order valence-electron chi connectivity index (χ0n) is 6.03. The Morgan fingerprint density at radius 1 is 0.700 bits per heavy atom. The van der Waals surface area contributed by atoms with E-state index in [1.165, 1.54) is 0 Å². The molecule has 0 aromatic rings. The van der Waals surface area contributed by atoms with Gasteiger partial charge in [-0.05, 0) is 0 Å². The molecule has 0 aromatic carbocycles. The summed E-state index contributed by atoms with van der Waals surface area (Å²) in [7, 11) is 0. The van der Waals surface area contributed by atoms with Crippen molar-refractivity contribution in [3.63, 3.8) is 0 Å². The summed E-state index contributed by atoms with van der Waals surface area (Å²) in [4.78, 5) is 1.79. The van der Waals surface area contributed by atoms with E-state index < -0.39 is 0 Å². The van der Waals surface area contributed by atoms with Crippen LogP contribution in [0.5, 0.6) is 0 Å². The highest BCUT2D eigenvalue weighted by Crippen LogP contribution is 1.83. The molecule has 0 saturated carbocycles. The van der Waals surface area contributed by atoms with Crippen molar-refractivity contribution in [3.05, 3.63) is 0 Å². The topological polar surface area (TPSA) is 70.1 Å². The van der Waals surface area contributed by atoms with Crippen molar-refractivity contribution in [1.82, 2.24) is 22.1 Å². The van der Waals surface area contributed by atoms with E-state index in [1.807, 2.05) is 0 Å². The SMILES string of the molecule is [N]CCN(CC[N])CC[N]. The van der Waals surface area contributed by atoms with Gasteiger partial charge in [0.25, 0.3) is 0 Å². The van der Waals surface area contributed by atoms with E-state index in [-0.39, 0.29) is 19.6 Å². The molecular weight excluding hydrogens is 128 g/mol. The third-order valence-electron chi connectivity index (χ3n) is 1.25. The Labute approximate surface area is 62.3 Å². The predicted molar refractivity (Wildman–Crippen MR) is 37.4 cm³/mol. The maximum atomic E-state index is 8.48. The second-order valence-corrected chi connectivity index (χ2v) is 2.01. The fourth-order valence-electron chi connectivity index (χ4n) is 0.760. The van der Waals surface area contributed by atoms with Gasteiger partial charge in [0.05, 0.1) is 0 Å². The highest BCUT2D eigenvalue weighted by Gasteiger charge is 2.00. The van der Waals surface area contributed by atoms with Crippen LogP contribution in [0.25, 0.3) is 0 Å². The zero-order valence-corrected chi connectivity index (χ0v) is 6.03. The first-order valence-corrected chi connectivity index (χ1v) is 3.40. The van der Waals surface area contributed by atoms with Crippen molar-refractivity contribution in [3.8, 4) is 0 Å². The molecule has 4 heteroatoms. The van der Waals surface area contributed by atoms with Crippen LogP contribution in [-0.4, -0.2) is 44.2 Å². The molecule has 0 aromatic heterocycles. The molecule has 0 N–H and O–H groups in total. The maximum Gasteiger partial charge on any atom is 0.0449 e. The second-order valence-electron chi connectivity index (χ2n) is 2.01. The molecule has 0 rings (SSSR count). The Kier molecular flexibility index (Phi) is 6.84. The van der Waals surface area contributed by atoms with Gasteiger partial charge in [-0.2, -0.15) is 0 Å². The van der Waals surface area contributed by atoms with Crippen molar-refractivity contribution in [2.24, 2.45) is 0 Å². The number of hydrogen-bond donors (Lipinski definition) is 0. The van der Waals surface area contributed by atoms with Crippen molar-refractivity contribution >= 4 is 0 Å². The minimum absolute atomic E-state index is 0.0694. The third kappa shape index (κ3) is 4.69. The van der Waals surface area contributed by atoms with Crippen LogP contribution in [0.1, 0.15) is 0 Å². The van der Waals surface area contributed by atoms with Crippen LogP contribution in [0.15, 0.2) is 0 Å². The Hall–Kier alpha value is -0.160. The normalized spacial score (nSPS) is 10.8. The van der Waals surface area contributed by atoms with Crippen molar-refractivity contribution in [2.75, 3.05) is 39.3 Å². The largest absolute Gasteiger partial charge is 0.299 e. The quantitative estimate of drug-likeness (QED) is 0.442. The molecule has 0 aliphatic carbocycles. The monoisotopic (exact) mass is 140 g/mol. The first-order valence-electron chi connectivity index (χ1n) is 3.40. The fourth-order valence-corrected chi connectivity index (χ4v) is 0.760. The van der Waals surface area contributed by atoms with Crippen molar-refractivity contribution < 1.29 is 0 Å². The molecule has 56 valence electrons. The molecule has 4 nitrogen and oxygen atoms in total. The fraction of sp³-hybridized carbons (Fsp3) is 1.00. The Morgan fingerprint density at radius 3 is 1.20 bits per heavy atom. The minimum Gasteiger partial charge on any atom is -0.299 e. The van der Waals surface area contributed by atoms with E-state index in [0.717, 1.165) is 0 Å². The average molecular weight is 140 g/mol. The van der Waals surface area contributed by atoms with Crippen LogP contribution in [0.2, 0.25) is 0 Å².